The van der Waals surface area contributed by atoms with Gasteiger partial charge in [-0.05, 0) is 19.3 Å². The molecule has 0 fully saturated rings. The molecular formula is C9H20N2O. The molecule has 0 unspecified atom stereocenters. The van der Waals surface area contributed by atoms with Crippen molar-refractivity contribution in [1.29, 1.82) is 0 Å². The summed E-state index contributed by atoms with van der Waals surface area (Å²) >= 11 is 0. The Kier molecular flexibility index (Phi) is 3.71. The predicted octanol–water partition coefficient (Wildman–Crippen LogP) is 0.884. The monoisotopic (exact) mass is 172 g/mol. The molecule has 12 heavy (non-hydrogen) atoms. The Hall–Kier alpha value is -0.570. The normalized spacial score (nSPS) is 16.8. The maximum atomic E-state index is 11.2. The molecule has 2 atom stereocenters. The summed E-state index contributed by atoms with van der Waals surface area (Å²) in [5.41, 5.74) is 5.50. The Morgan fingerprint density at radius 1 is 1.33 bits per heavy atom. The maximum Gasteiger partial charge on any atom is 0.236 e. The van der Waals surface area contributed by atoms with Gasteiger partial charge in [-0.2, -0.15) is 0 Å². The van der Waals surface area contributed by atoms with Crippen molar-refractivity contribution in [3.63, 3.8) is 0 Å². The minimum absolute atomic E-state index is 0.0857. The van der Waals surface area contributed by atoms with Crippen LogP contribution in [0.2, 0.25) is 0 Å². The highest BCUT2D eigenvalue weighted by atomic mass is 16.2. The number of carbonyl (C=O) groups excluding carboxylic acids is 1. The zero-order valence-corrected chi connectivity index (χ0v) is 8.64. The van der Waals surface area contributed by atoms with Crippen LogP contribution in [0.5, 0.6) is 0 Å². The molecule has 0 aliphatic rings. The van der Waals surface area contributed by atoms with Crippen LogP contribution in [0.3, 0.4) is 0 Å². The van der Waals surface area contributed by atoms with E-state index in [9.17, 15) is 4.79 Å². The first-order chi connectivity index (χ1) is 5.25. The first-order valence-electron chi connectivity index (χ1n) is 4.31. The smallest absolute Gasteiger partial charge is 0.236 e. The lowest BCUT2D eigenvalue weighted by molar-refractivity contribution is -0.123. The largest absolute Gasteiger partial charge is 0.352 e. The van der Waals surface area contributed by atoms with Crippen molar-refractivity contribution < 1.29 is 4.79 Å². The molecule has 0 radical (unpaired) electrons. The third-order valence-electron chi connectivity index (χ3n) is 2.07. The predicted molar refractivity (Wildman–Crippen MR) is 50.7 cm³/mol. The Bertz CT molecular complexity index is 158. The van der Waals surface area contributed by atoms with E-state index in [-0.39, 0.29) is 17.4 Å². The first-order valence-corrected chi connectivity index (χ1v) is 4.31. The summed E-state index contributed by atoms with van der Waals surface area (Å²) in [6, 6.07) is -0.272. The summed E-state index contributed by atoms with van der Waals surface area (Å²) < 4.78 is 0. The highest BCUT2D eigenvalue weighted by Crippen LogP contribution is 2.18. The van der Waals surface area contributed by atoms with Gasteiger partial charge in [-0.1, -0.05) is 20.8 Å². The van der Waals surface area contributed by atoms with E-state index in [2.05, 4.69) is 26.1 Å². The highest BCUT2D eigenvalue weighted by Gasteiger charge is 2.22. The van der Waals surface area contributed by atoms with Gasteiger partial charge in [-0.15, -0.1) is 0 Å². The van der Waals surface area contributed by atoms with Crippen molar-refractivity contribution in [2.75, 3.05) is 0 Å². The molecule has 0 aromatic carbocycles. The summed E-state index contributed by atoms with van der Waals surface area (Å²) in [5, 5.41) is 2.86. The van der Waals surface area contributed by atoms with E-state index < -0.39 is 6.04 Å². The molecule has 0 spiro atoms. The van der Waals surface area contributed by atoms with Crippen molar-refractivity contribution >= 4 is 5.91 Å². The minimum Gasteiger partial charge on any atom is -0.352 e. The summed E-state index contributed by atoms with van der Waals surface area (Å²) in [5.74, 6) is -0.0857. The van der Waals surface area contributed by atoms with Gasteiger partial charge in [0.2, 0.25) is 5.91 Å². The lowest BCUT2D eigenvalue weighted by atomic mass is 9.88. The first kappa shape index (κ1) is 11.4. The summed E-state index contributed by atoms with van der Waals surface area (Å²) in [4.78, 5) is 11.2. The molecule has 3 nitrogen and oxygen atoms in total. The van der Waals surface area contributed by atoms with Crippen LogP contribution in [0.15, 0.2) is 0 Å². The van der Waals surface area contributed by atoms with Gasteiger partial charge in [0.05, 0.1) is 6.04 Å². The molecule has 3 N–H and O–H groups in total. The number of carbonyl (C=O) groups is 1. The van der Waals surface area contributed by atoms with Crippen LogP contribution in [0, 0.1) is 5.41 Å². The van der Waals surface area contributed by atoms with Gasteiger partial charge in [0.25, 0.3) is 0 Å². The molecule has 0 aliphatic heterocycles. The number of hydrogen-bond acceptors (Lipinski definition) is 2. The fourth-order valence-electron chi connectivity index (χ4n) is 0.561. The molecule has 0 bridgehead atoms. The molecule has 0 aromatic rings. The average molecular weight is 172 g/mol. The number of amides is 1. The van der Waals surface area contributed by atoms with E-state index in [0.717, 1.165) is 0 Å². The second kappa shape index (κ2) is 3.90. The fraction of sp³-hybridized carbons (Fsp3) is 0.889. The number of nitrogens with two attached hydrogens (primary N) is 1. The van der Waals surface area contributed by atoms with Crippen LogP contribution >= 0.6 is 0 Å². The molecule has 0 heterocycles. The van der Waals surface area contributed by atoms with E-state index in [4.69, 9.17) is 5.73 Å². The molecule has 0 saturated heterocycles. The molecule has 72 valence electrons. The number of rotatable bonds is 2. The topological polar surface area (TPSA) is 55.1 Å². The molecule has 0 aromatic heterocycles. The van der Waals surface area contributed by atoms with Crippen LogP contribution in [0.25, 0.3) is 0 Å². The minimum atomic E-state index is -0.421. The zero-order chi connectivity index (χ0) is 9.94. The van der Waals surface area contributed by atoms with E-state index >= 15 is 0 Å². The Balaban J connectivity index is 4.02. The number of hydrogen-bond donors (Lipinski definition) is 2. The van der Waals surface area contributed by atoms with E-state index in [1.807, 2.05) is 6.92 Å². The quantitative estimate of drug-likeness (QED) is 0.649. The summed E-state index contributed by atoms with van der Waals surface area (Å²) in [6.45, 7) is 9.92. The summed E-state index contributed by atoms with van der Waals surface area (Å²) in [7, 11) is 0. The lowest BCUT2D eigenvalue weighted by Crippen LogP contribution is -2.47. The molecule has 0 aliphatic carbocycles. The van der Waals surface area contributed by atoms with E-state index in [1.165, 1.54) is 0 Å². The fourth-order valence-corrected chi connectivity index (χ4v) is 0.561. The second-order valence-electron chi connectivity index (χ2n) is 4.38. The van der Waals surface area contributed by atoms with Gasteiger partial charge in [0.1, 0.15) is 0 Å². The van der Waals surface area contributed by atoms with Gasteiger partial charge < -0.3 is 11.1 Å². The van der Waals surface area contributed by atoms with Crippen molar-refractivity contribution in [3.05, 3.63) is 0 Å². The second-order valence-corrected chi connectivity index (χ2v) is 4.38. The molecule has 3 heteroatoms. The summed E-state index contributed by atoms with van der Waals surface area (Å²) in [6.07, 6.45) is 0. The average Bonchev–Trinajstić information content (AvgIpc) is 1.85. The lowest BCUT2D eigenvalue weighted by Gasteiger charge is -2.28. The standard InChI is InChI=1S/C9H20N2O/c1-6(10)8(12)11-7(2)9(3,4)5/h6-7H,10H2,1-5H3,(H,11,12)/t6-,7+/m0/s1. The van der Waals surface area contributed by atoms with Crippen LogP contribution < -0.4 is 11.1 Å². The van der Waals surface area contributed by atoms with Gasteiger partial charge in [0.15, 0.2) is 0 Å². The van der Waals surface area contributed by atoms with Crippen molar-refractivity contribution in [1.82, 2.24) is 5.32 Å². The molecular weight excluding hydrogens is 152 g/mol. The zero-order valence-electron chi connectivity index (χ0n) is 8.64. The third kappa shape index (κ3) is 3.72. The van der Waals surface area contributed by atoms with Crippen molar-refractivity contribution in [2.45, 2.75) is 46.7 Å². The van der Waals surface area contributed by atoms with Gasteiger partial charge in [-0.25, -0.2) is 0 Å². The third-order valence-corrected chi connectivity index (χ3v) is 2.07. The highest BCUT2D eigenvalue weighted by molar-refractivity contribution is 5.81. The van der Waals surface area contributed by atoms with Gasteiger partial charge in [0, 0.05) is 6.04 Å². The van der Waals surface area contributed by atoms with Crippen LogP contribution in [-0.2, 0) is 4.79 Å². The van der Waals surface area contributed by atoms with Crippen LogP contribution in [0.4, 0.5) is 0 Å². The SMILES string of the molecule is C[C@H](N)C(=O)N[C@H](C)C(C)(C)C. The van der Waals surface area contributed by atoms with Gasteiger partial charge in [-0.3, -0.25) is 4.79 Å². The Morgan fingerprint density at radius 3 is 2.00 bits per heavy atom. The van der Waals surface area contributed by atoms with Crippen molar-refractivity contribution in [3.8, 4) is 0 Å². The molecule has 0 rings (SSSR count). The molecule has 0 saturated carbocycles. The molecule has 1 amide bonds. The van der Waals surface area contributed by atoms with Crippen LogP contribution in [0.1, 0.15) is 34.6 Å². The van der Waals surface area contributed by atoms with Gasteiger partial charge >= 0.3 is 0 Å². The number of nitrogens with one attached hydrogen (secondary N) is 1. The van der Waals surface area contributed by atoms with E-state index in [0.29, 0.717) is 0 Å². The van der Waals surface area contributed by atoms with Crippen molar-refractivity contribution in [2.24, 2.45) is 11.1 Å². The maximum absolute atomic E-state index is 11.2. The van der Waals surface area contributed by atoms with Crippen LogP contribution in [-0.4, -0.2) is 18.0 Å². The Labute approximate surface area is 74.7 Å². The Morgan fingerprint density at radius 2 is 1.75 bits per heavy atom. The van der Waals surface area contributed by atoms with E-state index in [1.54, 1.807) is 6.92 Å².